The van der Waals surface area contributed by atoms with Crippen LogP contribution in [-0.4, -0.2) is 11.9 Å². The van der Waals surface area contributed by atoms with Gasteiger partial charge in [-0.15, -0.1) is 0 Å². The van der Waals surface area contributed by atoms with Crippen molar-refractivity contribution in [1.82, 2.24) is 5.32 Å². The molecule has 0 radical (unpaired) electrons. The molecule has 1 aromatic carbocycles. The third kappa shape index (κ3) is 1.90. The van der Waals surface area contributed by atoms with Gasteiger partial charge < -0.3 is 5.32 Å². The quantitative estimate of drug-likeness (QED) is 0.797. The zero-order chi connectivity index (χ0) is 10.1. The highest BCUT2D eigenvalue weighted by molar-refractivity contribution is 6.34. The molecule has 1 aliphatic rings. The fraction of sp³-hybridized carbons (Fsp3) is 0.364. The Morgan fingerprint density at radius 3 is 2.79 bits per heavy atom. The van der Waals surface area contributed by atoms with Gasteiger partial charge in [-0.05, 0) is 31.4 Å². The second-order valence-corrected chi connectivity index (χ2v) is 4.09. The first-order valence-electron chi connectivity index (χ1n) is 4.74. The minimum Gasteiger partial charge on any atom is -0.349 e. The van der Waals surface area contributed by atoms with Crippen LogP contribution in [0.15, 0.2) is 18.2 Å². The first-order valence-corrected chi connectivity index (χ1v) is 5.12. The average molecular weight is 210 g/mol. The van der Waals surface area contributed by atoms with Crippen LogP contribution in [0.3, 0.4) is 0 Å². The molecule has 0 spiro atoms. The highest BCUT2D eigenvalue weighted by atomic mass is 35.5. The zero-order valence-corrected chi connectivity index (χ0v) is 8.77. The summed E-state index contributed by atoms with van der Waals surface area (Å²) in [6.45, 7) is 1.90. The average Bonchev–Trinajstić information content (AvgIpc) is 2.87. The lowest BCUT2D eigenvalue weighted by Gasteiger charge is -2.07. The van der Waals surface area contributed by atoms with Crippen LogP contribution in [0, 0.1) is 6.92 Å². The number of carbonyl (C=O) groups excluding carboxylic acids is 1. The summed E-state index contributed by atoms with van der Waals surface area (Å²) in [4.78, 5) is 11.7. The summed E-state index contributed by atoms with van der Waals surface area (Å²) in [5.74, 6) is -0.0457. The molecular weight excluding hydrogens is 198 g/mol. The molecular formula is C11H12ClNO. The topological polar surface area (TPSA) is 29.1 Å². The Bertz CT molecular complexity index is 351. The van der Waals surface area contributed by atoms with Crippen LogP contribution in [0.1, 0.15) is 28.8 Å². The highest BCUT2D eigenvalue weighted by Gasteiger charge is 2.25. The number of carbonyl (C=O) groups is 1. The third-order valence-electron chi connectivity index (χ3n) is 2.36. The molecule has 1 saturated carbocycles. The van der Waals surface area contributed by atoms with Crippen LogP contribution in [0.4, 0.5) is 0 Å². The summed E-state index contributed by atoms with van der Waals surface area (Å²) < 4.78 is 0. The van der Waals surface area contributed by atoms with Crippen LogP contribution in [0.5, 0.6) is 0 Å². The molecule has 1 aromatic rings. The van der Waals surface area contributed by atoms with Gasteiger partial charge in [-0.25, -0.2) is 0 Å². The minimum atomic E-state index is -0.0457. The fourth-order valence-electron chi connectivity index (χ4n) is 1.40. The molecule has 0 heterocycles. The number of benzene rings is 1. The van der Waals surface area contributed by atoms with Gasteiger partial charge in [0.1, 0.15) is 0 Å². The lowest BCUT2D eigenvalue weighted by Crippen LogP contribution is -2.26. The zero-order valence-electron chi connectivity index (χ0n) is 8.01. The van der Waals surface area contributed by atoms with Crippen molar-refractivity contribution in [3.63, 3.8) is 0 Å². The molecule has 74 valence electrons. The van der Waals surface area contributed by atoms with E-state index in [0.29, 0.717) is 16.6 Å². The van der Waals surface area contributed by atoms with Crippen LogP contribution in [-0.2, 0) is 0 Å². The molecule has 0 aromatic heterocycles. The largest absolute Gasteiger partial charge is 0.349 e. The molecule has 0 atom stereocenters. The maximum absolute atomic E-state index is 11.7. The highest BCUT2D eigenvalue weighted by Crippen LogP contribution is 2.23. The number of nitrogens with one attached hydrogen (secondary N) is 1. The van der Waals surface area contributed by atoms with Gasteiger partial charge in [-0.3, -0.25) is 4.79 Å². The molecule has 0 saturated heterocycles. The summed E-state index contributed by atoms with van der Waals surface area (Å²) in [5, 5.41) is 3.46. The summed E-state index contributed by atoms with van der Waals surface area (Å²) in [7, 11) is 0. The van der Waals surface area contributed by atoms with Gasteiger partial charge in [0, 0.05) is 6.04 Å². The van der Waals surface area contributed by atoms with Gasteiger partial charge in [0.25, 0.3) is 5.91 Å². The summed E-state index contributed by atoms with van der Waals surface area (Å²) in [6, 6.07) is 5.87. The van der Waals surface area contributed by atoms with Crippen molar-refractivity contribution >= 4 is 17.5 Å². The molecule has 1 aliphatic carbocycles. The summed E-state index contributed by atoms with van der Waals surface area (Å²) >= 11 is 5.97. The van der Waals surface area contributed by atoms with Crippen molar-refractivity contribution in [3.05, 3.63) is 34.3 Å². The van der Waals surface area contributed by atoms with E-state index in [1.54, 1.807) is 6.07 Å². The number of aryl methyl sites for hydroxylation is 1. The van der Waals surface area contributed by atoms with Gasteiger partial charge in [-0.2, -0.15) is 0 Å². The van der Waals surface area contributed by atoms with Crippen molar-refractivity contribution in [2.75, 3.05) is 0 Å². The molecule has 1 fully saturated rings. The van der Waals surface area contributed by atoms with E-state index < -0.39 is 0 Å². The number of halogens is 1. The Hall–Kier alpha value is -1.02. The van der Waals surface area contributed by atoms with Crippen molar-refractivity contribution in [2.45, 2.75) is 25.8 Å². The van der Waals surface area contributed by atoms with Gasteiger partial charge >= 0.3 is 0 Å². The van der Waals surface area contributed by atoms with E-state index in [4.69, 9.17) is 11.6 Å². The maximum Gasteiger partial charge on any atom is 0.253 e. The predicted octanol–water partition coefficient (Wildman–Crippen LogP) is 2.54. The van der Waals surface area contributed by atoms with Crippen molar-refractivity contribution in [3.8, 4) is 0 Å². The Labute approximate surface area is 88.3 Å². The van der Waals surface area contributed by atoms with E-state index in [2.05, 4.69) is 5.32 Å². The minimum absolute atomic E-state index is 0.0457. The van der Waals surface area contributed by atoms with Crippen LogP contribution >= 0.6 is 11.6 Å². The smallest absolute Gasteiger partial charge is 0.253 e. The second-order valence-electron chi connectivity index (χ2n) is 3.68. The number of hydrogen-bond acceptors (Lipinski definition) is 1. The Morgan fingerprint density at radius 1 is 1.50 bits per heavy atom. The number of hydrogen-bond donors (Lipinski definition) is 1. The maximum atomic E-state index is 11.7. The molecule has 2 nitrogen and oxygen atoms in total. The van der Waals surface area contributed by atoms with E-state index in [1.165, 1.54) is 0 Å². The first-order chi connectivity index (χ1) is 6.68. The van der Waals surface area contributed by atoms with Crippen molar-refractivity contribution in [2.24, 2.45) is 0 Å². The van der Waals surface area contributed by atoms with Gasteiger partial charge in [0.15, 0.2) is 0 Å². The van der Waals surface area contributed by atoms with Crippen molar-refractivity contribution in [1.29, 1.82) is 0 Å². The molecule has 3 heteroatoms. The summed E-state index contributed by atoms with van der Waals surface area (Å²) in [6.07, 6.45) is 2.19. The fourth-order valence-corrected chi connectivity index (χ4v) is 1.71. The third-order valence-corrected chi connectivity index (χ3v) is 2.68. The Morgan fingerprint density at radius 2 is 2.21 bits per heavy atom. The molecule has 0 aliphatic heterocycles. The van der Waals surface area contributed by atoms with E-state index in [-0.39, 0.29) is 5.91 Å². The molecule has 1 N–H and O–H groups in total. The number of rotatable bonds is 2. The monoisotopic (exact) mass is 209 g/mol. The van der Waals surface area contributed by atoms with Gasteiger partial charge in [-0.1, -0.05) is 23.7 Å². The van der Waals surface area contributed by atoms with Gasteiger partial charge in [0.05, 0.1) is 10.6 Å². The molecule has 0 unspecified atom stereocenters. The Balaban J connectivity index is 2.24. The molecule has 1 amide bonds. The van der Waals surface area contributed by atoms with Crippen LogP contribution < -0.4 is 5.32 Å². The van der Waals surface area contributed by atoms with E-state index >= 15 is 0 Å². The van der Waals surface area contributed by atoms with Crippen molar-refractivity contribution < 1.29 is 4.79 Å². The lowest BCUT2D eigenvalue weighted by atomic mass is 10.1. The van der Waals surface area contributed by atoms with Crippen LogP contribution in [0.25, 0.3) is 0 Å². The Kier molecular flexibility index (Phi) is 2.46. The van der Waals surface area contributed by atoms with E-state index in [1.807, 2.05) is 19.1 Å². The normalized spacial score (nSPS) is 15.3. The number of amides is 1. The van der Waals surface area contributed by atoms with E-state index in [9.17, 15) is 4.79 Å². The molecule has 14 heavy (non-hydrogen) atoms. The molecule has 0 bridgehead atoms. The second kappa shape index (κ2) is 3.62. The standard InChI is InChI=1S/C11H12ClNO/c1-7-3-2-4-9(12)10(7)11(14)13-8-5-6-8/h2-4,8H,5-6H2,1H3,(H,13,14). The lowest BCUT2D eigenvalue weighted by molar-refractivity contribution is 0.0950. The van der Waals surface area contributed by atoms with E-state index in [0.717, 1.165) is 18.4 Å². The summed E-state index contributed by atoms with van der Waals surface area (Å²) in [5.41, 5.74) is 1.54. The first kappa shape index (κ1) is 9.53. The SMILES string of the molecule is Cc1cccc(Cl)c1C(=O)NC1CC1. The van der Waals surface area contributed by atoms with Gasteiger partial charge in [0.2, 0.25) is 0 Å². The predicted molar refractivity (Wildman–Crippen MR) is 56.7 cm³/mol. The molecule has 2 rings (SSSR count). The van der Waals surface area contributed by atoms with Crippen LogP contribution in [0.2, 0.25) is 5.02 Å².